The zero-order chi connectivity index (χ0) is 12.7. The highest BCUT2D eigenvalue weighted by Gasteiger charge is 2.13. The highest BCUT2D eigenvalue weighted by Crippen LogP contribution is 2.16. The summed E-state index contributed by atoms with van der Waals surface area (Å²) >= 11 is 0. The van der Waals surface area contributed by atoms with Crippen LogP contribution >= 0.6 is 0 Å². The largest absolute Gasteiger partial charge is 0.393 e. The minimum Gasteiger partial charge on any atom is -0.393 e. The predicted molar refractivity (Wildman–Crippen MR) is 64.8 cm³/mol. The van der Waals surface area contributed by atoms with E-state index in [4.69, 9.17) is 0 Å². The Bertz CT molecular complexity index is 319. The topological polar surface area (TPSA) is 20.2 Å². The van der Waals surface area contributed by atoms with E-state index in [1.807, 2.05) is 0 Å². The maximum atomic E-state index is 13.3. The molecule has 17 heavy (non-hydrogen) atoms. The second-order valence-corrected chi connectivity index (χ2v) is 4.41. The van der Waals surface area contributed by atoms with Gasteiger partial charge >= 0.3 is 0 Å². The minimum absolute atomic E-state index is 0.00417. The Balaban J connectivity index is 2.42. The summed E-state index contributed by atoms with van der Waals surface area (Å²) < 4.78 is 26.6. The van der Waals surface area contributed by atoms with Crippen LogP contribution in [0.15, 0.2) is 18.2 Å². The van der Waals surface area contributed by atoms with Gasteiger partial charge in [-0.3, -0.25) is 0 Å². The lowest BCUT2D eigenvalue weighted by Crippen LogP contribution is -2.12. The average Bonchev–Trinajstić information content (AvgIpc) is 2.30. The van der Waals surface area contributed by atoms with Crippen LogP contribution in [0.25, 0.3) is 0 Å². The van der Waals surface area contributed by atoms with Crippen molar-refractivity contribution in [2.45, 2.75) is 51.6 Å². The average molecular weight is 242 g/mol. The van der Waals surface area contributed by atoms with E-state index in [1.54, 1.807) is 0 Å². The smallest absolute Gasteiger partial charge is 0.129 e. The molecule has 0 saturated heterocycles. The van der Waals surface area contributed by atoms with Gasteiger partial charge in [0, 0.05) is 12.0 Å². The first-order chi connectivity index (χ1) is 8.15. The van der Waals surface area contributed by atoms with Crippen molar-refractivity contribution in [2.24, 2.45) is 0 Å². The second-order valence-electron chi connectivity index (χ2n) is 4.41. The summed E-state index contributed by atoms with van der Waals surface area (Å²) in [5.41, 5.74) is -0.00417. The molecule has 0 spiro atoms. The van der Waals surface area contributed by atoms with E-state index < -0.39 is 17.7 Å². The summed E-state index contributed by atoms with van der Waals surface area (Å²) in [6.07, 6.45) is 4.26. The van der Waals surface area contributed by atoms with Crippen molar-refractivity contribution in [1.29, 1.82) is 0 Å². The van der Waals surface area contributed by atoms with Gasteiger partial charge in [0.15, 0.2) is 0 Å². The number of hydrogen-bond acceptors (Lipinski definition) is 1. The van der Waals surface area contributed by atoms with Gasteiger partial charge in [-0.15, -0.1) is 0 Å². The summed E-state index contributed by atoms with van der Waals surface area (Å²) in [6, 6.07) is 3.78. The highest BCUT2D eigenvalue weighted by molar-refractivity contribution is 5.20. The monoisotopic (exact) mass is 242 g/mol. The molecule has 0 aliphatic rings. The van der Waals surface area contributed by atoms with Crippen molar-refractivity contribution >= 4 is 0 Å². The molecule has 96 valence electrons. The number of benzene rings is 1. The Morgan fingerprint density at radius 3 is 2.35 bits per heavy atom. The lowest BCUT2D eigenvalue weighted by atomic mass is 10.0. The first-order valence-corrected chi connectivity index (χ1v) is 6.26. The molecule has 0 amide bonds. The number of rotatable bonds is 7. The zero-order valence-corrected chi connectivity index (χ0v) is 10.3. The van der Waals surface area contributed by atoms with E-state index in [2.05, 4.69) is 6.92 Å². The molecule has 0 radical (unpaired) electrons. The third-order valence-electron chi connectivity index (χ3n) is 2.89. The molecule has 0 saturated carbocycles. The quantitative estimate of drug-likeness (QED) is 0.720. The van der Waals surface area contributed by atoms with E-state index in [9.17, 15) is 13.9 Å². The van der Waals surface area contributed by atoms with E-state index in [0.29, 0.717) is 6.42 Å². The van der Waals surface area contributed by atoms with Gasteiger partial charge in [-0.2, -0.15) is 0 Å². The van der Waals surface area contributed by atoms with Crippen molar-refractivity contribution in [1.82, 2.24) is 0 Å². The summed E-state index contributed by atoms with van der Waals surface area (Å²) in [5, 5.41) is 9.72. The molecule has 1 rings (SSSR count). The molecule has 0 fully saturated rings. The van der Waals surface area contributed by atoms with Crippen LogP contribution in [0.5, 0.6) is 0 Å². The molecule has 1 atom stereocenters. The fourth-order valence-electron chi connectivity index (χ4n) is 1.87. The predicted octanol–water partition coefficient (Wildman–Crippen LogP) is 3.84. The van der Waals surface area contributed by atoms with Gasteiger partial charge in [0.25, 0.3) is 0 Å². The Morgan fingerprint density at radius 1 is 1.12 bits per heavy atom. The third-order valence-corrected chi connectivity index (χ3v) is 2.89. The van der Waals surface area contributed by atoms with Crippen molar-refractivity contribution in [3.63, 3.8) is 0 Å². The van der Waals surface area contributed by atoms with Gasteiger partial charge in [-0.05, 0) is 18.6 Å². The van der Waals surface area contributed by atoms with Crippen molar-refractivity contribution < 1.29 is 13.9 Å². The van der Waals surface area contributed by atoms with Gasteiger partial charge in [-0.25, -0.2) is 8.78 Å². The van der Waals surface area contributed by atoms with Crippen LogP contribution in [-0.4, -0.2) is 11.2 Å². The van der Waals surface area contributed by atoms with Gasteiger partial charge in [0.05, 0.1) is 6.10 Å². The molecule has 0 heterocycles. The minimum atomic E-state index is -0.654. The molecular weight excluding hydrogens is 222 g/mol. The molecule has 1 aromatic carbocycles. The molecule has 1 unspecified atom stereocenters. The van der Waals surface area contributed by atoms with Gasteiger partial charge in [-0.1, -0.05) is 38.7 Å². The van der Waals surface area contributed by atoms with Gasteiger partial charge < -0.3 is 5.11 Å². The van der Waals surface area contributed by atoms with Crippen molar-refractivity contribution in [2.75, 3.05) is 0 Å². The van der Waals surface area contributed by atoms with E-state index in [0.717, 1.165) is 25.7 Å². The van der Waals surface area contributed by atoms with Crippen LogP contribution in [0, 0.1) is 11.6 Å². The molecule has 1 nitrogen and oxygen atoms in total. The standard InChI is InChI=1S/C14H20F2O/c1-2-3-4-5-7-11(17)10-12-13(15)8-6-9-14(12)16/h6,8-9,11,17H,2-5,7,10H2,1H3. The lowest BCUT2D eigenvalue weighted by Gasteiger charge is -2.11. The molecule has 1 N–H and O–H groups in total. The van der Waals surface area contributed by atoms with Crippen LogP contribution in [0.1, 0.15) is 44.6 Å². The fourth-order valence-corrected chi connectivity index (χ4v) is 1.87. The molecule has 1 aromatic rings. The summed E-state index contributed by atoms with van der Waals surface area (Å²) in [4.78, 5) is 0. The highest BCUT2D eigenvalue weighted by atomic mass is 19.1. The Labute approximate surface area is 101 Å². The van der Waals surface area contributed by atoms with Gasteiger partial charge in [0.1, 0.15) is 11.6 Å². The molecular formula is C14H20F2O. The fraction of sp³-hybridized carbons (Fsp3) is 0.571. The SMILES string of the molecule is CCCCCCC(O)Cc1c(F)cccc1F. The third kappa shape index (κ3) is 4.82. The summed E-state index contributed by atoms with van der Waals surface area (Å²) in [6.45, 7) is 2.12. The van der Waals surface area contributed by atoms with Crippen LogP contribution in [-0.2, 0) is 6.42 Å². The lowest BCUT2D eigenvalue weighted by molar-refractivity contribution is 0.158. The first-order valence-electron chi connectivity index (χ1n) is 6.26. The van der Waals surface area contributed by atoms with Crippen LogP contribution in [0.3, 0.4) is 0 Å². The number of halogens is 2. The molecule has 0 aliphatic heterocycles. The maximum absolute atomic E-state index is 13.3. The number of aliphatic hydroxyl groups excluding tert-OH is 1. The molecule has 0 aliphatic carbocycles. The Morgan fingerprint density at radius 2 is 1.76 bits per heavy atom. The normalized spacial score (nSPS) is 12.7. The second kappa shape index (κ2) is 7.38. The Kier molecular flexibility index (Phi) is 6.12. The van der Waals surface area contributed by atoms with E-state index >= 15 is 0 Å². The summed E-state index contributed by atoms with van der Waals surface area (Å²) in [5.74, 6) is -1.14. The van der Waals surface area contributed by atoms with Crippen molar-refractivity contribution in [3.05, 3.63) is 35.4 Å². The van der Waals surface area contributed by atoms with Crippen LogP contribution in [0.4, 0.5) is 8.78 Å². The van der Waals surface area contributed by atoms with Gasteiger partial charge in [0.2, 0.25) is 0 Å². The van der Waals surface area contributed by atoms with E-state index in [1.165, 1.54) is 18.2 Å². The zero-order valence-electron chi connectivity index (χ0n) is 10.3. The maximum Gasteiger partial charge on any atom is 0.129 e. The van der Waals surface area contributed by atoms with Crippen molar-refractivity contribution in [3.8, 4) is 0 Å². The Hall–Kier alpha value is -0.960. The first kappa shape index (κ1) is 14.1. The number of unbranched alkanes of at least 4 members (excludes halogenated alkanes) is 3. The number of aliphatic hydroxyl groups is 1. The molecule has 0 bridgehead atoms. The summed E-state index contributed by atoms with van der Waals surface area (Å²) in [7, 11) is 0. The molecule has 3 heteroatoms. The van der Waals surface area contributed by atoms with Crippen LogP contribution < -0.4 is 0 Å². The van der Waals surface area contributed by atoms with Crippen LogP contribution in [0.2, 0.25) is 0 Å². The number of hydrogen-bond donors (Lipinski definition) is 1. The molecule has 0 aromatic heterocycles. The van der Waals surface area contributed by atoms with E-state index in [-0.39, 0.29) is 12.0 Å².